The van der Waals surface area contributed by atoms with Gasteiger partial charge < -0.3 is 14.2 Å². The van der Waals surface area contributed by atoms with E-state index in [1.54, 1.807) is 4.90 Å². The molecule has 0 saturated carbocycles. The molecule has 1 fully saturated rings. The first-order valence-corrected chi connectivity index (χ1v) is 10.5. The van der Waals surface area contributed by atoms with Crippen molar-refractivity contribution in [3.05, 3.63) is 65.0 Å². The van der Waals surface area contributed by atoms with E-state index < -0.39 is 0 Å². The Morgan fingerprint density at radius 3 is 2.60 bits per heavy atom. The maximum atomic E-state index is 12.4. The number of amides is 1. The molecule has 1 aliphatic rings. The molecule has 0 N–H and O–H groups in total. The van der Waals surface area contributed by atoms with Crippen LogP contribution >= 0.6 is 11.6 Å². The first-order chi connectivity index (χ1) is 14.5. The number of aromatic nitrogens is 2. The maximum Gasteiger partial charge on any atom is 0.249 e. The van der Waals surface area contributed by atoms with Gasteiger partial charge in [0.2, 0.25) is 17.6 Å². The summed E-state index contributed by atoms with van der Waals surface area (Å²) in [7, 11) is 0. The zero-order valence-corrected chi connectivity index (χ0v) is 17.8. The van der Waals surface area contributed by atoms with Crippen LogP contribution in [0.3, 0.4) is 0 Å². The molecule has 4 rings (SSSR count). The number of benzene rings is 2. The summed E-state index contributed by atoms with van der Waals surface area (Å²) in [5, 5.41) is 4.80. The third-order valence-corrected chi connectivity index (χ3v) is 5.27. The Balaban J connectivity index is 1.48. The van der Waals surface area contributed by atoms with Crippen molar-refractivity contribution in [1.29, 1.82) is 0 Å². The van der Waals surface area contributed by atoms with E-state index in [-0.39, 0.29) is 11.9 Å². The molecule has 1 unspecified atom stereocenters. The van der Waals surface area contributed by atoms with Crippen LogP contribution in [-0.2, 0) is 11.3 Å². The van der Waals surface area contributed by atoms with Gasteiger partial charge in [-0.05, 0) is 54.3 Å². The molecule has 1 saturated heterocycles. The molecule has 2 heterocycles. The minimum Gasteiger partial charge on any atom is -0.493 e. The molecule has 1 aromatic heterocycles. The molecular weight excluding hydrogens is 402 g/mol. The summed E-state index contributed by atoms with van der Waals surface area (Å²) in [5.41, 5.74) is 1.85. The van der Waals surface area contributed by atoms with Gasteiger partial charge in [0.05, 0.1) is 6.61 Å². The predicted molar refractivity (Wildman–Crippen MR) is 114 cm³/mol. The molecule has 0 spiro atoms. The van der Waals surface area contributed by atoms with Crippen LogP contribution < -0.4 is 4.74 Å². The second kappa shape index (κ2) is 8.88. The third-order valence-electron chi connectivity index (χ3n) is 5.02. The summed E-state index contributed by atoms with van der Waals surface area (Å²) in [6.45, 7) is 5.38. The van der Waals surface area contributed by atoms with Crippen molar-refractivity contribution in [3.8, 4) is 17.1 Å². The van der Waals surface area contributed by atoms with Crippen LogP contribution in [0.15, 0.2) is 53.1 Å². The first kappa shape index (κ1) is 20.4. The molecule has 2 aromatic carbocycles. The Bertz CT molecular complexity index is 999. The Morgan fingerprint density at radius 2 is 1.90 bits per heavy atom. The summed E-state index contributed by atoms with van der Waals surface area (Å²) in [6.07, 6.45) is 1.13. The quantitative estimate of drug-likeness (QED) is 0.514. The van der Waals surface area contributed by atoms with Crippen molar-refractivity contribution in [2.75, 3.05) is 6.61 Å². The Hall–Kier alpha value is -2.86. The van der Waals surface area contributed by atoms with E-state index in [2.05, 4.69) is 24.0 Å². The fraction of sp³-hybridized carbons (Fsp3) is 0.348. The number of hydrogen-bond donors (Lipinski definition) is 0. The van der Waals surface area contributed by atoms with E-state index in [1.807, 2.05) is 48.5 Å². The van der Waals surface area contributed by atoms with Gasteiger partial charge in [0.15, 0.2) is 0 Å². The van der Waals surface area contributed by atoms with E-state index in [0.717, 1.165) is 16.9 Å². The van der Waals surface area contributed by atoms with Crippen LogP contribution in [0, 0.1) is 5.92 Å². The predicted octanol–water partition coefficient (Wildman–Crippen LogP) is 5.29. The number of ether oxygens (including phenoxy) is 1. The highest BCUT2D eigenvalue weighted by Crippen LogP contribution is 2.34. The summed E-state index contributed by atoms with van der Waals surface area (Å²) >= 11 is 5.96. The van der Waals surface area contributed by atoms with E-state index in [4.69, 9.17) is 20.9 Å². The second-order valence-electron chi connectivity index (χ2n) is 7.89. The van der Waals surface area contributed by atoms with Crippen molar-refractivity contribution in [2.24, 2.45) is 5.92 Å². The lowest BCUT2D eigenvalue weighted by Crippen LogP contribution is -2.27. The van der Waals surface area contributed by atoms with Gasteiger partial charge in [-0.25, -0.2) is 0 Å². The highest BCUT2D eigenvalue weighted by molar-refractivity contribution is 6.30. The number of likely N-dealkylation sites (tertiary alicyclic amines) is 1. The van der Waals surface area contributed by atoms with Crippen LogP contribution in [0.4, 0.5) is 0 Å². The third kappa shape index (κ3) is 4.65. The summed E-state index contributed by atoms with van der Waals surface area (Å²) in [6, 6.07) is 14.9. The normalized spacial score (nSPS) is 16.5. The molecule has 156 valence electrons. The van der Waals surface area contributed by atoms with Gasteiger partial charge in [-0.3, -0.25) is 4.79 Å². The molecular formula is C23H24ClN3O3. The lowest BCUT2D eigenvalue weighted by molar-refractivity contribution is -0.129. The van der Waals surface area contributed by atoms with Crippen LogP contribution in [0.25, 0.3) is 11.4 Å². The van der Waals surface area contributed by atoms with E-state index in [0.29, 0.717) is 48.6 Å². The van der Waals surface area contributed by atoms with Gasteiger partial charge in [-0.1, -0.05) is 42.7 Å². The van der Waals surface area contributed by atoms with E-state index in [1.165, 1.54) is 0 Å². The molecule has 0 radical (unpaired) electrons. The average Bonchev–Trinajstić information content (AvgIpc) is 3.36. The fourth-order valence-electron chi connectivity index (χ4n) is 3.43. The summed E-state index contributed by atoms with van der Waals surface area (Å²) in [5.74, 6) is 2.33. The lowest BCUT2D eigenvalue weighted by Gasteiger charge is -2.22. The largest absolute Gasteiger partial charge is 0.493 e. The van der Waals surface area contributed by atoms with Crippen LogP contribution in [0.1, 0.15) is 44.2 Å². The number of hydrogen-bond acceptors (Lipinski definition) is 5. The van der Waals surface area contributed by atoms with Crippen LogP contribution in [-0.4, -0.2) is 27.6 Å². The van der Waals surface area contributed by atoms with Crippen molar-refractivity contribution in [3.63, 3.8) is 0 Å². The van der Waals surface area contributed by atoms with E-state index >= 15 is 0 Å². The zero-order chi connectivity index (χ0) is 21.1. The molecule has 30 heavy (non-hydrogen) atoms. The fourth-order valence-corrected chi connectivity index (χ4v) is 3.55. The van der Waals surface area contributed by atoms with Gasteiger partial charge >= 0.3 is 0 Å². The van der Waals surface area contributed by atoms with Crippen LogP contribution in [0.2, 0.25) is 5.02 Å². The standard InChI is InChI=1S/C23H24ClN3O3/c1-15(2)14-29-19-9-5-17(6-10-19)22-25-23(30-26-22)20-11-12-21(28)27(20)13-16-3-7-18(24)8-4-16/h3-10,15,20H,11-14H2,1-2H3. The molecule has 1 atom stereocenters. The molecule has 6 nitrogen and oxygen atoms in total. The molecule has 1 aliphatic heterocycles. The first-order valence-electron chi connectivity index (χ1n) is 10.1. The Morgan fingerprint density at radius 1 is 1.17 bits per heavy atom. The molecule has 0 bridgehead atoms. The van der Waals surface area contributed by atoms with Gasteiger partial charge in [0.1, 0.15) is 11.8 Å². The highest BCUT2D eigenvalue weighted by Gasteiger charge is 2.36. The minimum atomic E-state index is -0.219. The second-order valence-corrected chi connectivity index (χ2v) is 8.32. The van der Waals surface area contributed by atoms with E-state index in [9.17, 15) is 4.79 Å². The highest BCUT2D eigenvalue weighted by atomic mass is 35.5. The van der Waals surface area contributed by atoms with Gasteiger partial charge in [0, 0.05) is 23.6 Å². The van der Waals surface area contributed by atoms with Crippen molar-refractivity contribution < 1.29 is 14.1 Å². The molecule has 3 aromatic rings. The van der Waals surface area contributed by atoms with Crippen molar-refractivity contribution in [2.45, 2.75) is 39.3 Å². The van der Waals surface area contributed by atoms with Crippen LogP contribution in [0.5, 0.6) is 5.75 Å². The number of carbonyl (C=O) groups excluding carboxylic acids is 1. The average molecular weight is 426 g/mol. The minimum absolute atomic E-state index is 0.0846. The number of nitrogens with zero attached hydrogens (tertiary/aromatic N) is 3. The smallest absolute Gasteiger partial charge is 0.249 e. The van der Waals surface area contributed by atoms with Gasteiger partial charge in [-0.2, -0.15) is 4.98 Å². The number of carbonyl (C=O) groups is 1. The Kier molecular flexibility index (Phi) is 6.04. The van der Waals surface area contributed by atoms with Gasteiger partial charge in [0.25, 0.3) is 0 Å². The van der Waals surface area contributed by atoms with Gasteiger partial charge in [-0.15, -0.1) is 0 Å². The molecule has 1 amide bonds. The zero-order valence-electron chi connectivity index (χ0n) is 17.0. The molecule has 7 heteroatoms. The van der Waals surface area contributed by atoms with Crippen molar-refractivity contribution >= 4 is 17.5 Å². The summed E-state index contributed by atoms with van der Waals surface area (Å²) < 4.78 is 11.3. The topological polar surface area (TPSA) is 68.5 Å². The lowest BCUT2D eigenvalue weighted by atomic mass is 10.1. The number of halogens is 1. The maximum absolute atomic E-state index is 12.4. The monoisotopic (exact) mass is 425 g/mol. The Labute approximate surface area is 180 Å². The summed E-state index contributed by atoms with van der Waals surface area (Å²) in [4.78, 5) is 18.8. The SMILES string of the molecule is CC(C)COc1ccc(-c2noc(C3CCC(=O)N3Cc3ccc(Cl)cc3)n2)cc1. The molecule has 0 aliphatic carbocycles. The number of rotatable bonds is 7. The van der Waals surface area contributed by atoms with Crippen molar-refractivity contribution in [1.82, 2.24) is 15.0 Å².